The summed E-state index contributed by atoms with van der Waals surface area (Å²) in [6.07, 6.45) is 3.02. The van der Waals surface area contributed by atoms with Crippen LogP contribution in [0, 0.1) is 0 Å². The van der Waals surface area contributed by atoms with Gasteiger partial charge >= 0.3 is 0 Å². The third-order valence-electron chi connectivity index (χ3n) is 3.48. The molecule has 0 unspecified atom stereocenters. The second-order valence-electron chi connectivity index (χ2n) is 5.16. The average molecular weight is 316 g/mol. The lowest BCUT2D eigenvalue weighted by molar-refractivity contribution is 0.0828. The van der Waals surface area contributed by atoms with E-state index in [1.165, 1.54) is 12.4 Å². The standard InChI is InChI=1S/C15H16N4O4/c20-7-15(8-21,9-22)19-14-16-5-10(6-17-14)13-18-11-3-1-2-4-12(11)23-13/h1-6,20-22H,7-9H2,(H,16,17,19). The van der Waals surface area contributed by atoms with Gasteiger partial charge in [-0.25, -0.2) is 15.0 Å². The maximum Gasteiger partial charge on any atom is 0.230 e. The smallest absolute Gasteiger partial charge is 0.230 e. The lowest BCUT2D eigenvalue weighted by Gasteiger charge is -2.28. The van der Waals surface area contributed by atoms with Gasteiger partial charge in [-0.05, 0) is 12.1 Å². The highest BCUT2D eigenvalue weighted by Crippen LogP contribution is 2.23. The number of aliphatic hydroxyl groups excluding tert-OH is 3. The maximum absolute atomic E-state index is 9.29. The van der Waals surface area contributed by atoms with E-state index in [2.05, 4.69) is 20.3 Å². The van der Waals surface area contributed by atoms with Crippen LogP contribution in [0.1, 0.15) is 0 Å². The minimum Gasteiger partial charge on any atom is -0.436 e. The summed E-state index contributed by atoms with van der Waals surface area (Å²) in [6, 6.07) is 7.40. The van der Waals surface area contributed by atoms with Gasteiger partial charge in [-0.15, -0.1) is 0 Å². The van der Waals surface area contributed by atoms with E-state index >= 15 is 0 Å². The number of benzene rings is 1. The summed E-state index contributed by atoms with van der Waals surface area (Å²) in [5.41, 5.74) is 0.725. The number of rotatable bonds is 6. The summed E-state index contributed by atoms with van der Waals surface area (Å²) in [6.45, 7) is -1.39. The SMILES string of the molecule is OCC(CO)(CO)Nc1ncc(-c2nc3ccccc3o2)cn1. The van der Waals surface area contributed by atoms with Crippen LogP contribution in [0.2, 0.25) is 0 Å². The summed E-state index contributed by atoms with van der Waals surface area (Å²) in [4.78, 5) is 12.5. The number of hydrogen-bond acceptors (Lipinski definition) is 8. The van der Waals surface area contributed by atoms with Gasteiger partial charge in [0.05, 0.1) is 25.4 Å². The first-order chi connectivity index (χ1) is 11.2. The molecule has 0 amide bonds. The first kappa shape index (κ1) is 15.3. The van der Waals surface area contributed by atoms with Gasteiger partial charge in [0.1, 0.15) is 11.1 Å². The molecule has 2 heterocycles. The van der Waals surface area contributed by atoms with E-state index in [4.69, 9.17) is 4.42 Å². The van der Waals surface area contributed by atoms with E-state index in [1.54, 1.807) is 0 Å². The Bertz CT molecular complexity index is 742. The highest BCUT2D eigenvalue weighted by atomic mass is 16.3. The van der Waals surface area contributed by atoms with Crippen LogP contribution in [-0.2, 0) is 0 Å². The van der Waals surface area contributed by atoms with Crippen LogP contribution < -0.4 is 5.32 Å². The number of oxazole rings is 1. The molecular formula is C15H16N4O4. The van der Waals surface area contributed by atoms with Gasteiger partial charge < -0.3 is 25.1 Å². The van der Waals surface area contributed by atoms with Gasteiger partial charge in [0.25, 0.3) is 0 Å². The molecule has 0 bridgehead atoms. The van der Waals surface area contributed by atoms with Crippen LogP contribution in [-0.4, -0.2) is 55.6 Å². The molecule has 0 saturated carbocycles. The number of anilines is 1. The molecule has 3 aromatic rings. The molecule has 0 saturated heterocycles. The van der Waals surface area contributed by atoms with Crippen molar-refractivity contribution in [2.75, 3.05) is 25.1 Å². The minimum absolute atomic E-state index is 0.169. The number of para-hydroxylation sites is 2. The fourth-order valence-corrected chi connectivity index (χ4v) is 2.00. The van der Waals surface area contributed by atoms with Crippen LogP contribution in [0.25, 0.3) is 22.6 Å². The Hall–Kier alpha value is -2.55. The minimum atomic E-state index is -1.28. The third-order valence-corrected chi connectivity index (χ3v) is 3.48. The van der Waals surface area contributed by atoms with E-state index in [1.807, 2.05) is 24.3 Å². The topological polar surface area (TPSA) is 125 Å². The number of aromatic nitrogens is 3. The molecule has 120 valence electrons. The summed E-state index contributed by atoms with van der Waals surface area (Å²) in [5, 5.41) is 30.6. The van der Waals surface area contributed by atoms with Crippen molar-refractivity contribution in [3.8, 4) is 11.5 Å². The Balaban J connectivity index is 1.84. The molecule has 4 N–H and O–H groups in total. The van der Waals surface area contributed by atoms with Crippen LogP contribution in [0.4, 0.5) is 5.95 Å². The molecule has 0 radical (unpaired) electrons. The highest BCUT2D eigenvalue weighted by molar-refractivity contribution is 5.75. The Morgan fingerprint density at radius 3 is 2.26 bits per heavy atom. The molecule has 8 nitrogen and oxygen atoms in total. The van der Waals surface area contributed by atoms with Crippen LogP contribution in [0.3, 0.4) is 0 Å². The Morgan fingerprint density at radius 1 is 1.00 bits per heavy atom. The molecule has 3 rings (SSSR count). The average Bonchev–Trinajstić information content (AvgIpc) is 3.04. The van der Waals surface area contributed by atoms with E-state index < -0.39 is 25.4 Å². The van der Waals surface area contributed by atoms with Crippen molar-refractivity contribution in [2.45, 2.75) is 5.54 Å². The molecule has 0 atom stereocenters. The van der Waals surface area contributed by atoms with E-state index in [9.17, 15) is 15.3 Å². The zero-order chi connectivity index (χ0) is 16.3. The molecule has 8 heteroatoms. The van der Waals surface area contributed by atoms with Crippen molar-refractivity contribution in [3.63, 3.8) is 0 Å². The van der Waals surface area contributed by atoms with Gasteiger partial charge in [0, 0.05) is 12.4 Å². The molecule has 0 fully saturated rings. The van der Waals surface area contributed by atoms with Crippen molar-refractivity contribution in [1.29, 1.82) is 0 Å². The van der Waals surface area contributed by atoms with E-state index in [0.717, 1.165) is 5.52 Å². The number of nitrogens with one attached hydrogen (secondary N) is 1. The zero-order valence-corrected chi connectivity index (χ0v) is 12.2. The predicted molar refractivity (Wildman–Crippen MR) is 82.6 cm³/mol. The first-order valence-electron chi connectivity index (χ1n) is 6.98. The van der Waals surface area contributed by atoms with Gasteiger partial charge in [-0.1, -0.05) is 12.1 Å². The fourth-order valence-electron chi connectivity index (χ4n) is 2.00. The molecule has 2 aromatic heterocycles. The summed E-state index contributed by atoms with van der Waals surface area (Å²) in [7, 11) is 0. The lowest BCUT2D eigenvalue weighted by Crippen LogP contribution is -2.49. The summed E-state index contributed by atoms with van der Waals surface area (Å²) in [5.74, 6) is 0.567. The molecule has 0 aliphatic carbocycles. The van der Waals surface area contributed by atoms with Crippen molar-refractivity contribution in [1.82, 2.24) is 15.0 Å². The second-order valence-corrected chi connectivity index (χ2v) is 5.16. The van der Waals surface area contributed by atoms with Crippen molar-refractivity contribution in [3.05, 3.63) is 36.7 Å². The quantitative estimate of drug-likeness (QED) is 0.515. The number of aliphatic hydroxyl groups is 3. The van der Waals surface area contributed by atoms with Crippen LogP contribution in [0.15, 0.2) is 41.1 Å². The number of fused-ring (bicyclic) bond motifs is 1. The normalized spacial score (nSPS) is 11.8. The third kappa shape index (κ3) is 3.00. The summed E-state index contributed by atoms with van der Waals surface area (Å²) >= 11 is 0. The Morgan fingerprint density at radius 2 is 1.65 bits per heavy atom. The number of hydrogen-bond donors (Lipinski definition) is 4. The second kappa shape index (κ2) is 6.29. The van der Waals surface area contributed by atoms with Crippen molar-refractivity contribution in [2.24, 2.45) is 0 Å². The first-order valence-corrected chi connectivity index (χ1v) is 6.98. The van der Waals surface area contributed by atoms with Crippen LogP contribution in [0.5, 0.6) is 0 Å². The Labute approximate surface area is 131 Å². The van der Waals surface area contributed by atoms with Gasteiger partial charge in [-0.3, -0.25) is 0 Å². The maximum atomic E-state index is 9.29. The fraction of sp³-hybridized carbons (Fsp3) is 0.267. The molecule has 23 heavy (non-hydrogen) atoms. The molecular weight excluding hydrogens is 300 g/mol. The predicted octanol–water partition coefficient (Wildman–Crippen LogP) is 0.412. The zero-order valence-electron chi connectivity index (χ0n) is 12.2. The number of nitrogens with zero attached hydrogens (tertiary/aromatic N) is 3. The van der Waals surface area contributed by atoms with Crippen molar-refractivity contribution < 1.29 is 19.7 Å². The van der Waals surface area contributed by atoms with Gasteiger partial charge in [0.2, 0.25) is 11.8 Å². The lowest BCUT2D eigenvalue weighted by atomic mass is 10.0. The van der Waals surface area contributed by atoms with Gasteiger partial charge in [0.15, 0.2) is 5.58 Å². The molecule has 0 spiro atoms. The van der Waals surface area contributed by atoms with Crippen molar-refractivity contribution >= 4 is 17.0 Å². The van der Waals surface area contributed by atoms with E-state index in [-0.39, 0.29) is 5.95 Å². The van der Waals surface area contributed by atoms with Gasteiger partial charge in [-0.2, -0.15) is 0 Å². The molecule has 0 aliphatic rings. The molecule has 1 aromatic carbocycles. The highest BCUT2D eigenvalue weighted by Gasteiger charge is 2.28. The Kier molecular flexibility index (Phi) is 4.20. The molecule has 0 aliphatic heterocycles. The largest absolute Gasteiger partial charge is 0.436 e. The monoisotopic (exact) mass is 316 g/mol. The summed E-state index contributed by atoms with van der Waals surface area (Å²) < 4.78 is 5.63. The van der Waals surface area contributed by atoms with E-state index in [0.29, 0.717) is 17.0 Å². The van der Waals surface area contributed by atoms with Crippen LogP contribution >= 0.6 is 0 Å².